The molecule has 0 spiro atoms. The Balaban J connectivity index is 1.73. The first-order valence-corrected chi connectivity index (χ1v) is 7.33. The Kier molecular flexibility index (Phi) is 4.28. The summed E-state index contributed by atoms with van der Waals surface area (Å²) in [5, 5.41) is 2.86. The van der Waals surface area contributed by atoms with Crippen molar-refractivity contribution in [2.75, 3.05) is 19.5 Å². The van der Waals surface area contributed by atoms with Crippen LogP contribution in [0.2, 0.25) is 0 Å². The Morgan fingerprint density at radius 1 is 1.13 bits per heavy atom. The summed E-state index contributed by atoms with van der Waals surface area (Å²) < 4.78 is 10.5. The normalized spacial score (nSPS) is 16.3. The minimum atomic E-state index is -0.327. The van der Waals surface area contributed by atoms with Gasteiger partial charge in [-0.1, -0.05) is 24.3 Å². The third kappa shape index (κ3) is 3.04. The lowest BCUT2D eigenvalue weighted by atomic mass is 10.0. The van der Waals surface area contributed by atoms with E-state index in [0.717, 1.165) is 16.8 Å². The molecule has 118 valence electrons. The van der Waals surface area contributed by atoms with Gasteiger partial charge in [0.1, 0.15) is 5.92 Å². The van der Waals surface area contributed by atoms with Crippen molar-refractivity contribution >= 4 is 17.8 Å². The second-order valence-electron chi connectivity index (χ2n) is 5.23. The van der Waals surface area contributed by atoms with E-state index in [1.165, 1.54) is 0 Å². The molecule has 5 heteroatoms. The summed E-state index contributed by atoms with van der Waals surface area (Å²) in [5.74, 6) is 0.988. The molecule has 1 unspecified atom stereocenters. The predicted molar refractivity (Wildman–Crippen MR) is 89.6 cm³/mol. The first kappa shape index (κ1) is 15.1. The molecule has 1 N–H and O–H groups in total. The van der Waals surface area contributed by atoms with E-state index in [0.29, 0.717) is 18.0 Å². The van der Waals surface area contributed by atoms with Gasteiger partial charge in [0, 0.05) is 11.9 Å². The van der Waals surface area contributed by atoms with Crippen LogP contribution in [-0.2, 0) is 11.3 Å². The van der Waals surface area contributed by atoms with Crippen molar-refractivity contribution in [1.29, 1.82) is 0 Å². The summed E-state index contributed by atoms with van der Waals surface area (Å²) in [7, 11) is 3.20. The number of carbonyl (C=O) groups is 1. The molecule has 0 bridgehead atoms. The zero-order chi connectivity index (χ0) is 16.2. The Labute approximate surface area is 135 Å². The third-order valence-electron chi connectivity index (χ3n) is 3.81. The van der Waals surface area contributed by atoms with E-state index in [-0.39, 0.29) is 11.8 Å². The molecule has 1 aliphatic heterocycles. The molecule has 0 saturated carbocycles. The van der Waals surface area contributed by atoms with Gasteiger partial charge in [-0.15, -0.1) is 0 Å². The standard InChI is InChI=1S/C18H18N2O3/c1-22-16-8-7-12(9-17(16)23-2)10-19-11-14-13-5-3-4-6-15(13)20-18(14)21/h3-9,11,14H,10H2,1-2H3,(H,20,21). The summed E-state index contributed by atoms with van der Waals surface area (Å²) in [5.41, 5.74) is 2.82. The average Bonchev–Trinajstić information content (AvgIpc) is 2.90. The van der Waals surface area contributed by atoms with Crippen molar-refractivity contribution < 1.29 is 14.3 Å². The summed E-state index contributed by atoms with van der Waals surface area (Å²) >= 11 is 0. The van der Waals surface area contributed by atoms with Gasteiger partial charge in [0.25, 0.3) is 0 Å². The van der Waals surface area contributed by atoms with Crippen LogP contribution < -0.4 is 14.8 Å². The number of nitrogens with one attached hydrogen (secondary N) is 1. The quantitative estimate of drug-likeness (QED) is 0.864. The van der Waals surface area contributed by atoms with Gasteiger partial charge in [0.05, 0.1) is 20.8 Å². The van der Waals surface area contributed by atoms with Gasteiger partial charge >= 0.3 is 0 Å². The zero-order valence-electron chi connectivity index (χ0n) is 13.1. The molecule has 0 radical (unpaired) electrons. The second kappa shape index (κ2) is 6.52. The van der Waals surface area contributed by atoms with Crippen LogP contribution in [0.25, 0.3) is 0 Å². The molecule has 2 aromatic carbocycles. The molecule has 0 saturated heterocycles. The SMILES string of the molecule is COc1ccc(CN=CC2C(=O)Nc3ccccc32)cc1OC. The Morgan fingerprint density at radius 2 is 1.91 bits per heavy atom. The van der Waals surface area contributed by atoms with Crippen LogP contribution in [0, 0.1) is 0 Å². The number of aliphatic imine (C=N–C) groups is 1. The monoisotopic (exact) mass is 310 g/mol. The molecule has 1 atom stereocenters. The molecular formula is C18H18N2O3. The van der Waals surface area contributed by atoms with Gasteiger partial charge in [-0.25, -0.2) is 0 Å². The topological polar surface area (TPSA) is 59.9 Å². The van der Waals surface area contributed by atoms with Crippen LogP contribution in [0.1, 0.15) is 17.0 Å². The fourth-order valence-electron chi connectivity index (χ4n) is 2.62. The first-order valence-electron chi connectivity index (χ1n) is 7.33. The summed E-state index contributed by atoms with van der Waals surface area (Å²) in [4.78, 5) is 16.4. The van der Waals surface area contributed by atoms with Gasteiger partial charge in [-0.3, -0.25) is 9.79 Å². The Morgan fingerprint density at radius 3 is 2.70 bits per heavy atom. The lowest BCUT2D eigenvalue weighted by Crippen LogP contribution is -2.13. The van der Waals surface area contributed by atoms with Gasteiger partial charge < -0.3 is 14.8 Å². The number of para-hydroxylation sites is 1. The molecule has 0 aromatic heterocycles. The second-order valence-corrected chi connectivity index (χ2v) is 5.23. The molecule has 23 heavy (non-hydrogen) atoms. The van der Waals surface area contributed by atoms with E-state index in [9.17, 15) is 4.79 Å². The maximum atomic E-state index is 12.0. The molecular weight excluding hydrogens is 292 g/mol. The number of hydrogen-bond donors (Lipinski definition) is 1. The number of ether oxygens (including phenoxy) is 2. The van der Waals surface area contributed by atoms with Gasteiger partial charge in [-0.2, -0.15) is 0 Å². The fourth-order valence-corrected chi connectivity index (χ4v) is 2.62. The average molecular weight is 310 g/mol. The number of benzene rings is 2. The van der Waals surface area contributed by atoms with Crippen LogP contribution in [-0.4, -0.2) is 26.3 Å². The fraction of sp³-hybridized carbons (Fsp3) is 0.222. The number of nitrogens with zero attached hydrogens (tertiary/aromatic N) is 1. The predicted octanol–water partition coefficient (Wildman–Crippen LogP) is 3.01. The number of amides is 1. The highest BCUT2D eigenvalue weighted by Crippen LogP contribution is 2.31. The van der Waals surface area contributed by atoms with Gasteiger partial charge in [0.15, 0.2) is 11.5 Å². The minimum Gasteiger partial charge on any atom is -0.493 e. The maximum absolute atomic E-state index is 12.0. The van der Waals surface area contributed by atoms with Crippen LogP contribution in [0.4, 0.5) is 5.69 Å². The summed E-state index contributed by atoms with van der Waals surface area (Å²) in [6.45, 7) is 0.478. The smallest absolute Gasteiger partial charge is 0.237 e. The van der Waals surface area contributed by atoms with E-state index in [1.807, 2.05) is 42.5 Å². The number of carbonyl (C=O) groups excluding carboxylic acids is 1. The van der Waals surface area contributed by atoms with Crippen LogP contribution in [0.3, 0.4) is 0 Å². The summed E-state index contributed by atoms with van der Waals surface area (Å²) in [6.07, 6.45) is 1.71. The minimum absolute atomic E-state index is 0.0396. The highest BCUT2D eigenvalue weighted by Gasteiger charge is 2.28. The van der Waals surface area contributed by atoms with E-state index >= 15 is 0 Å². The molecule has 3 rings (SSSR count). The molecule has 2 aromatic rings. The molecule has 1 heterocycles. The zero-order valence-corrected chi connectivity index (χ0v) is 13.1. The van der Waals surface area contributed by atoms with E-state index in [2.05, 4.69) is 10.3 Å². The van der Waals surface area contributed by atoms with Crippen molar-refractivity contribution in [3.63, 3.8) is 0 Å². The van der Waals surface area contributed by atoms with Gasteiger partial charge in [0.2, 0.25) is 5.91 Å². The number of fused-ring (bicyclic) bond motifs is 1. The Bertz CT molecular complexity index is 756. The number of rotatable bonds is 5. The number of anilines is 1. The van der Waals surface area contributed by atoms with E-state index in [1.54, 1.807) is 20.4 Å². The molecule has 1 aliphatic rings. The molecule has 0 fully saturated rings. The lowest BCUT2D eigenvalue weighted by Gasteiger charge is -2.08. The largest absolute Gasteiger partial charge is 0.493 e. The van der Waals surface area contributed by atoms with Crippen LogP contribution in [0.5, 0.6) is 11.5 Å². The van der Waals surface area contributed by atoms with Crippen molar-refractivity contribution in [2.45, 2.75) is 12.5 Å². The number of hydrogen-bond acceptors (Lipinski definition) is 4. The van der Waals surface area contributed by atoms with Crippen LogP contribution >= 0.6 is 0 Å². The van der Waals surface area contributed by atoms with Crippen molar-refractivity contribution in [3.8, 4) is 11.5 Å². The third-order valence-corrected chi connectivity index (χ3v) is 3.81. The highest BCUT2D eigenvalue weighted by atomic mass is 16.5. The molecule has 1 amide bonds. The van der Waals surface area contributed by atoms with Crippen molar-refractivity contribution in [2.24, 2.45) is 4.99 Å². The van der Waals surface area contributed by atoms with Crippen molar-refractivity contribution in [1.82, 2.24) is 0 Å². The van der Waals surface area contributed by atoms with E-state index < -0.39 is 0 Å². The first-order chi connectivity index (χ1) is 11.2. The van der Waals surface area contributed by atoms with Crippen LogP contribution in [0.15, 0.2) is 47.5 Å². The Hall–Kier alpha value is -2.82. The maximum Gasteiger partial charge on any atom is 0.237 e. The van der Waals surface area contributed by atoms with Crippen molar-refractivity contribution in [3.05, 3.63) is 53.6 Å². The van der Waals surface area contributed by atoms with Gasteiger partial charge in [-0.05, 0) is 29.3 Å². The summed E-state index contributed by atoms with van der Waals surface area (Å²) in [6, 6.07) is 13.3. The highest BCUT2D eigenvalue weighted by molar-refractivity contribution is 6.12. The lowest BCUT2D eigenvalue weighted by molar-refractivity contribution is -0.115. The van der Waals surface area contributed by atoms with E-state index in [4.69, 9.17) is 9.47 Å². The molecule has 0 aliphatic carbocycles. The number of methoxy groups -OCH3 is 2. The molecule has 5 nitrogen and oxygen atoms in total.